The molecule has 3 N–H and O–H groups in total. The summed E-state index contributed by atoms with van der Waals surface area (Å²) >= 11 is 0. The van der Waals surface area contributed by atoms with Crippen LogP contribution in [0.15, 0.2) is 18.3 Å². The van der Waals surface area contributed by atoms with Crippen molar-refractivity contribution < 1.29 is 4.79 Å². The molecule has 0 atom stereocenters. The minimum absolute atomic E-state index is 0.175. The van der Waals surface area contributed by atoms with Gasteiger partial charge in [0.1, 0.15) is 0 Å². The summed E-state index contributed by atoms with van der Waals surface area (Å²) < 4.78 is 0. The van der Waals surface area contributed by atoms with Crippen LogP contribution in [0.1, 0.15) is 24.1 Å². The van der Waals surface area contributed by atoms with E-state index in [1.54, 1.807) is 7.05 Å². The molecule has 1 fully saturated rings. The number of nitrogens with zero attached hydrogens (tertiary/aromatic N) is 2. The molecule has 0 unspecified atom stereocenters. The second-order valence-corrected chi connectivity index (χ2v) is 5.02. The second kappa shape index (κ2) is 6.63. The summed E-state index contributed by atoms with van der Waals surface area (Å²) in [5.41, 5.74) is 7.77. The zero-order valence-corrected chi connectivity index (χ0v) is 11.4. The Morgan fingerprint density at radius 3 is 2.89 bits per heavy atom. The number of piperidine rings is 1. The highest BCUT2D eigenvalue weighted by molar-refractivity contribution is 5.78. The van der Waals surface area contributed by atoms with E-state index in [0.717, 1.165) is 38.2 Å². The van der Waals surface area contributed by atoms with Crippen molar-refractivity contribution in [3.63, 3.8) is 0 Å². The molecule has 1 aromatic heterocycles. The second-order valence-electron chi connectivity index (χ2n) is 5.02. The summed E-state index contributed by atoms with van der Waals surface area (Å²) in [6.45, 7) is 3.33. The van der Waals surface area contributed by atoms with Crippen molar-refractivity contribution in [1.29, 1.82) is 0 Å². The Morgan fingerprint density at radius 1 is 1.53 bits per heavy atom. The fourth-order valence-electron chi connectivity index (χ4n) is 2.55. The van der Waals surface area contributed by atoms with Crippen LogP contribution in [0.25, 0.3) is 0 Å². The van der Waals surface area contributed by atoms with Crippen molar-refractivity contribution in [2.45, 2.75) is 25.9 Å². The van der Waals surface area contributed by atoms with Gasteiger partial charge in [-0.15, -0.1) is 0 Å². The average Bonchev–Trinajstić information content (AvgIpc) is 2.47. The highest BCUT2D eigenvalue weighted by atomic mass is 16.1. The van der Waals surface area contributed by atoms with Crippen LogP contribution in [0.5, 0.6) is 0 Å². The van der Waals surface area contributed by atoms with Crippen LogP contribution in [0, 0.1) is 5.92 Å². The number of nitrogens with one attached hydrogen (secondary N) is 1. The third-order valence-electron chi connectivity index (χ3n) is 3.70. The number of likely N-dealkylation sites (tertiary alicyclic amines) is 1. The van der Waals surface area contributed by atoms with Crippen LogP contribution in [0.2, 0.25) is 0 Å². The molecule has 0 aliphatic carbocycles. The molecule has 0 radical (unpaired) electrons. The van der Waals surface area contributed by atoms with E-state index in [-0.39, 0.29) is 11.8 Å². The summed E-state index contributed by atoms with van der Waals surface area (Å²) in [5.74, 6) is 0.354. The molecular weight excluding hydrogens is 240 g/mol. The van der Waals surface area contributed by atoms with Gasteiger partial charge >= 0.3 is 0 Å². The molecule has 0 bridgehead atoms. The summed E-state index contributed by atoms with van der Waals surface area (Å²) in [5, 5.41) is 2.73. The first-order valence-corrected chi connectivity index (χ1v) is 6.80. The monoisotopic (exact) mass is 262 g/mol. The highest BCUT2D eigenvalue weighted by Gasteiger charge is 2.23. The Morgan fingerprint density at radius 2 is 2.26 bits per heavy atom. The van der Waals surface area contributed by atoms with Gasteiger partial charge in [0.05, 0.1) is 5.69 Å². The van der Waals surface area contributed by atoms with Crippen LogP contribution in [-0.4, -0.2) is 35.9 Å². The van der Waals surface area contributed by atoms with Gasteiger partial charge in [-0.1, -0.05) is 0 Å². The maximum atomic E-state index is 11.6. The molecule has 1 aliphatic rings. The number of rotatable bonds is 4. The molecule has 1 aliphatic heterocycles. The fourth-order valence-corrected chi connectivity index (χ4v) is 2.55. The largest absolute Gasteiger partial charge is 0.359 e. The fraction of sp³-hybridized carbons (Fsp3) is 0.571. The first kappa shape index (κ1) is 14.0. The molecule has 19 heavy (non-hydrogen) atoms. The number of hydrogen-bond donors (Lipinski definition) is 2. The first-order chi connectivity index (χ1) is 9.22. The molecule has 1 amide bonds. The normalized spacial score (nSPS) is 17.4. The summed E-state index contributed by atoms with van der Waals surface area (Å²) in [7, 11) is 1.71. The Bertz CT molecular complexity index is 427. The predicted molar refractivity (Wildman–Crippen MR) is 74.2 cm³/mol. The predicted octanol–water partition coefficient (Wildman–Crippen LogP) is 0.498. The van der Waals surface area contributed by atoms with E-state index in [1.807, 2.05) is 12.3 Å². The lowest BCUT2D eigenvalue weighted by Gasteiger charge is -2.31. The van der Waals surface area contributed by atoms with E-state index < -0.39 is 0 Å². The summed E-state index contributed by atoms with van der Waals surface area (Å²) in [6, 6.07) is 4.09. The van der Waals surface area contributed by atoms with E-state index in [2.05, 4.69) is 21.3 Å². The van der Waals surface area contributed by atoms with Crippen LogP contribution in [0.4, 0.5) is 0 Å². The molecule has 5 nitrogen and oxygen atoms in total. The smallest absolute Gasteiger partial charge is 0.222 e. The number of carbonyl (C=O) groups excluding carboxylic acids is 1. The molecule has 0 aromatic carbocycles. The van der Waals surface area contributed by atoms with E-state index >= 15 is 0 Å². The SMILES string of the molecule is CNC(=O)C1CCN(Cc2ccnc(CN)c2)CC1. The minimum atomic E-state index is 0.175. The van der Waals surface area contributed by atoms with Crippen LogP contribution >= 0.6 is 0 Å². The Labute approximate surface area is 114 Å². The average molecular weight is 262 g/mol. The third-order valence-corrected chi connectivity index (χ3v) is 3.70. The molecule has 1 saturated heterocycles. The van der Waals surface area contributed by atoms with Gasteiger partial charge in [-0.25, -0.2) is 0 Å². The van der Waals surface area contributed by atoms with Crippen molar-refractivity contribution in [3.8, 4) is 0 Å². The number of nitrogens with two attached hydrogens (primary N) is 1. The van der Waals surface area contributed by atoms with E-state index in [1.165, 1.54) is 5.56 Å². The van der Waals surface area contributed by atoms with Gasteiger partial charge in [-0.2, -0.15) is 0 Å². The van der Waals surface area contributed by atoms with Crippen molar-refractivity contribution in [3.05, 3.63) is 29.6 Å². The standard InChI is InChI=1S/C14H22N4O/c1-16-14(19)12-3-6-18(7-4-12)10-11-2-5-17-13(8-11)9-15/h2,5,8,12H,3-4,6-7,9-10,15H2,1H3,(H,16,19). The number of hydrogen-bond acceptors (Lipinski definition) is 4. The number of amides is 1. The number of pyridine rings is 1. The lowest BCUT2D eigenvalue weighted by molar-refractivity contribution is -0.125. The maximum absolute atomic E-state index is 11.6. The Balaban J connectivity index is 1.86. The van der Waals surface area contributed by atoms with Crippen LogP contribution in [-0.2, 0) is 17.9 Å². The van der Waals surface area contributed by atoms with Gasteiger partial charge in [-0.05, 0) is 43.6 Å². The summed E-state index contributed by atoms with van der Waals surface area (Å²) in [4.78, 5) is 18.1. The highest BCUT2D eigenvalue weighted by Crippen LogP contribution is 2.19. The molecule has 1 aromatic rings. The van der Waals surface area contributed by atoms with Gasteiger partial charge in [0.2, 0.25) is 5.91 Å². The molecule has 5 heteroatoms. The summed E-state index contributed by atoms with van der Waals surface area (Å²) in [6.07, 6.45) is 3.69. The van der Waals surface area contributed by atoms with Crippen molar-refractivity contribution in [2.24, 2.45) is 11.7 Å². The van der Waals surface area contributed by atoms with Gasteiger partial charge in [-0.3, -0.25) is 14.7 Å². The molecule has 104 valence electrons. The maximum Gasteiger partial charge on any atom is 0.222 e. The van der Waals surface area contributed by atoms with E-state index in [0.29, 0.717) is 6.54 Å². The zero-order valence-electron chi connectivity index (χ0n) is 11.4. The van der Waals surface area contributed by atoms with Gasteiger partial charge in [0.15, 0.2) is 0 Å². The van der Waals surface area contributed by atoms with Crippen molar-refractivity contribution in [2.75, 3.05) is 20.1 Å². The number of carbonyl (C=O) groups is 1. The lowest BCUT2D eigenvalue weighted by Crippen LogP contribution is -2.39. The lowest BCUT2D eigenvalue weighted by atomic mass is 9.95. The van der Waals surface area contributed by atoms with Crippen LogP contribution in [0.3, 0.4) is 0 Å². The molecular formula is C14H22N4O. The van der Waals surface area contributed by atoms with Crippen molar-refractivity contribution >= 4 is 5.91 Å². The first-order valence-electron chi connectivity index (χ1n) is 6.80. The van der Waals surface area contributed by atoms with Gasteiger partial charge in [0, 0.05) is 32.3 Å². The zero-order chi connectivity index (χ0) is 13.7. The number of aromatic nitrogens is 1. The van der Waals surface area contributed by atoms with Crippen molar-refractivity contribution in [1.82, 2.24) is 15.2 Å². The van der Waals surface area contributed by atoms with E-state index in [4.69, 9.17) is 5.73 Å². The minimum Gasteiger partial charge on any atom is -0.359 e. The molecule has 2 rings (SSSR count). The van der Waals surface area contributed by atoms with E-state index in [9.17, 15) is 4.79 Å². The van der Waals surface area contributed by atoms with Gasteiger partial charge < -0.3 is 11.1 Å². The third kappa shape index (κ3) is 3.75. The Hall–Kier alpha value is -1.46. The quantitative estimate of drug-likeness (QED) is 0.829. The molecule has 0 spiro atoms. The Kier molecular flexibility index (Phi) is 4.87. The molecule has 0 saturated carbocycles. The molecule has 2 heterocycles. The topological polar surface area (TPSA) is 71.2 Å². The van der Waals surface area contributed by atoms with Crippen LogP contribution < -0.4 is 11.1 Å². The van der Waals surface area contributed by atoms with Gasteiger partial charge in [0.25, 0.3) is 0 Å².